The van der Waals surface area contributed by atoms with Crippen molar-refractivity contribution in [3.63, 3.8) is 0 Å². The van der Waals surface area contributed by atoms with Crippen LogP contribution in [0.1, 0.15) is 15.9 Å². The number of nitrogens with zero attached hydrogens (tertiary/aromatic N) is 2. The van der Waals surface area contributed by atoms with Crippen molar-refractivity contribution in [2.24, 2.45) is 0 Å². The lowest BCUT2D eigenvalue weighted by Crippen LogP contribution is -2.31. The lowest BCUT2D eigenvalue weighted by Gasteiger charge is -2.23. The molecule has 0 saturated heterocycles. The second kappa shape index (κ2) is 9.95. The van der Waals surface area contributed by atoms with Gasteiger partial charge in [-0.05, 0) is 30.3 Å². The third-order valence-corrected chi connectivity index (χ3v) is 7.88. The van der Waals surface area contributed by atoms with Crippen LogP contribution >= 0.6 is 34.5 Å². The van der Waals surface area contributed by atoms with E-state index in [1.165, 1.54) is 45.7 Å². The fourth-order valence-corrected chi connectivity index (χ4v) is 5.86. The van der Waals surface area contributed by atoms with Gasteiger partial charge in [0.15, 0.2) is 0 Å². The molecule has 0 fully saturated rings. The molecule has 0 radical (unpaired) electrons. The van der Waals surface area contributed by atoms with Crippen molar-refractivity contribution in [2.75, 3.05) is 25.6 Å². The maximum Gasteiger partial charge on any atom is 0.337 e. The van der Waals surface area contributed by atoms with Crippen molar-refractivity contribution in [3.8, 4) is 11.5 Å². The van der Waals surface area contributed by atoms with Gasteiger partial charge in [-0.25, -0.2) is 22.5 Å². The molecular formula is C20H18Cl2N2O6S2. The van der Waals surface area contributed by atoms with Gasteiger partial charge < -0.3 is 14.2 Å². The Morgan fingerprint density at radius 1 is 1.09 bits per heavy atom. The van der Waals surface area contributed by atoms with E-state index in [0.717, 1.165) is 15.6 Å². The number of hydrogen-bond donors (Lipinski definition) is 0. The quantitative estimate of drug-likeness (QED) is 0.402. The molecule has 0 unspecified atom stereocenters. The number of carbonyl (C=O) groups is 1. The third kappa shape index (κ3) is 4.93. The number of methoxy groups -OCH3 is 3. The molecule has 0 spiro atoms. The van der Waals surface area contributed by atoms with Crippen molar-refractivity contribution in [1.29, 1.82) is 0 Å². The van der Waals surface area contributed by atoms with Crippen LogP contribution in [0.5, 0.6) is 11.5 Å². The predicted molar refractivity (Wildman–Crippen MR) is 123 cm³/mol. The van der Waals surface area contributed by atoms with Crippen molar-refractivity contribution in [1.82, 2.24) is 4.98 Å². The van der Waals surface area contributed by atoms with Gasteiger partial charge in [0.25, 0.3) is 10.0 Å². The number of halogens is 2. The summed E-state index contributed by atoms with van der Waals surface area (Å²) in [5.41, 5.74) is 0.683. The Morgan fingerprint density at radius 3 is 2.41 bits per heavy atom. The average molecular weight is 517 g/mol. The molecule has 0 aliphatic rings. The van der Waals surface area contributed by atoms with Gasteiger partial charge in [-0.1, -0.05) is 34.5 Å². The van der Waals surface area contributed by atoms with Crippen molar-refractivity contribution < 1.29 is 27.4 Å². The number of benzene rings is 2. The van der Waals surface area contributed by atoms with E-state index < -0.39 is 16.0 Å². The number of rotatable bonds is 8. The largest absolute Gasteiger partial charge is 0.497 e. The van der Waals surface area contributed by atoms with E-state index in [0.29, 0.717) is 21.4 Å². The number of aromatic nitrogens is 1. The fraction of sp³-hybridized carbons (Fsp3) is 0.200. The molecule has 3 rings (SSSR count). The first kappa shape index (κ1) is 24.1. The van der Waals surface area contributed by atoms with E-state index in [9.17, 15) is 13.2 Å². The Bertz CT molecular complexity index is 1250. The van der Waals surface area contributed by atoms with Crippen LogP contribution in [0.25, 0.3) is 0 Å². The van der Waals surface area contributed by atoms with Crippen molar-refractivity contribution in [2.45, 2.75) is 11.4 Å². The molecule has 0 N–H and O–H groups in total. The molecule has 1 heterocycles. The van der Waals surface area contributed by atoms with E-state index in [1.807, 2.05) is 0 Å². The second-order valence-corrected chi connectivity index (χ2v) is 10.2. The smallest absolute Gasteiger partial charge is 0.337 e. The minimum atomic E-state index is -4.21. The third-order valence-electron chi connectivity index (χ3n) is 4.41. The first-order valence-electron chi connectivity index (χ1n) is 8.94. The van der Waals surface area contributed by atoms with E-state index in [1.54, 1.807) is 18.2 Å². The Balaban J connectivity index is 2.10. The molecule has 2 aromatic carbocycles. The van der Waals surface area contributed by atoms with Gasteiger partial charge in [-0.2, -0.15) is 0 Å². The summed E-state index contributed by atoms with van der Waals surface area (Å²) in [6.45, 7) is -0.117. The highest BCUT2D eigenvalue weighted by Gasteiger charge is 2.31. The van der Waals surface area contributed by atoms with Gasteiger partial charge in [0.2, 0.25) is 5.13 Å². The van der Waals surface area contributed by atoms with E-state index in [2.05, 4.69) is 9.72 Å². The molecule has 8 nitrogen and oxygen atoms in total. The highest BCUT2D eigenvalue weighted by Crippen LogP contribution is 2.36. The van der Waals surface area contributed by atoms with Gasteiger partial charge in [0.1, 0.15) is 20.7 Å². The van der Waals surface area contributed by atoms with Crippen LogP contribution in [0.3, 0.4) is 0 Å². The summed E-state index contributed by atoms with van der Waals surface area (Å²) >= 11 is 13.3. The van der Waals surface area contributed by atoms with Crippen LogP contribution in [0, 0.1) is 0 Å². The van der Waals surface area contributed by atoms with Gasteiger partial charge in [0.05, 0.1) is 44.7 Å². The predicted octanol–water partition coefficient (Wildman–Crippen LogP) is 4.65. The first-order chi connectivity index (χ1) is 15.2. The van der Waals surface area contributed by atoms with E-state index in [-0.39, 0.29) is 27.2 Å². The standard InChI is InChI=1S/C20H18Cl2N2O6S2/c1-28-14-6-4-13(16(9-14)29-2)11-24(20-23-10-18(22)31-20)32(26,27)17-7-5-12(8-15(17)21)19(25)30-3/h4-10H,11H2,1-3H3. The molecule has 0 aliphatic carbocycles. The number of carbonyl (C=O) groups excluding carboxylic acids is 1. The Hall–Kier alpha value is -2.53. The molecule has 0 aliphatic heterocycles. The first-order valence-corrected chi connectivity index (χ1v) is 11.9. The lowest BCUT2D eigenvalue weighted by molar-refractivity contribution is 0.0600. The summed E-state index contributed by atoms with van der Waals surface area (Å²) in [6.07, 6.45) is 1.36. The molecule has 0 saturated carbocycles. The molecule has 1 aromatic heterocycles. The van der Waals surface area contributed by atoms with Crippen LogP contribution in [0.15, 0.2) is 47.5 Å². The van der Waals surface area contributed by atoms with Gasteiger partial charge in [-0.15, -0.1) is 0 Å². The SMILES string of the molecule is COC(=O)c1ccc(S(=O)(=O)N(Cc2ccc(OC)cc2OC)c2ncc(Cl)s2)c(Cl)c1. The van der Waals surface area contributed by atoms with Crippen LogP contribution in [-0.4, -0.2) is 40.7 Å². The number of ether oxygens (including phenoxy) is 3. The van der Waals surface area contributed by atoms with Crippen LogP contribution in [-0.2, 0) is 21.3 Å². The molecule has 12 heteroatoms. The van der Waals surface area contributed by atoms with Crippen molar-refractivity contribution in [3.05, 3.63) is 63.1 Å². The number of thiazole rings is 1. The molecule has 32 heavy (non-hydrogen) atoms. The highest BCUT2D eigenvalue weighted by atomic mass is 35.5. The number of sulfonamides is 1. The Labute approximate surface area is 199 Å². The lowest BCUT2D eigenvalue weighted by atomic mass is 10.2. The minimum Gasteiger partial charge on any atom is -0.497 e. The minimum absolute atomic E-state index is 0.117. The van der Waals surface area contributed by atoms with Gasteiger partial charge >= 0.3 is 5.97 Å². The number of hydrogen-bond acceptors (Lipinski definition) is 8. The highest BCUT2D eigenvalue weighted by molar-refractivity contribution is 7.93. The van der Waals surface area contributed by atoms with Crippen LogP contribution in [0.4, 0.5) is 5.13 Å². The zero-order valence-electron chi connectivity index (χ0n) is 17.2. The van der Waals surface area contributed by atoms with E-state index in [4.69, 9.17) is 32.7 Å². The molecule has 170 valence electrons. The summed E-state index contributed by atoms with van der Waals surface area (Å²) in [5.74, 6) is 0.348. The normalized spacial score (nSPS) is 11.2. The summed E-state index contributed by atoms with van der Waals surface area (Å²) in [4.78, 5) is 15.7. The summed E-state index contributed by atoms with van der Waals surface area (Å²) < 4.78 is 43.9. The second-order valence-electron chi connectivity index (χ2n) is 6.27. The average Bonchev–Trinajstić information content (AvgIpc) is 3.21. The maximum atomic E-state index is 13.6. The summed E-state index contributed by atoms with van der Waals surface area (Å²) in [5, 5.41) is 0.00299. The van der Waals surface area contributed by atoms with Gasteiger partial charge in [0, 0.05) is 11.6 Å². The maximum absolute atomic E-state index is 13.6. The van der Waals surface area contributed by atoms with Crippen molar-refractivity contribution >= 4 is 55.7 Å². The summed E-state index contributed by atoms with van der Waals surface area (Å²) in [6, 6.07) is 8.84. The molecular weight excluding hydrogens is 499 g/mol. The monoisotopic (exact) mass is 516 g/mol. The van der Waals surface area contributed by atoms with E-state index >= 15 is 0 Å². The Kier molecular flexibility index (Phi) is 7.50. The fourth-order valence-electron chi connectivity index (χ4n) is 2.83. The zero-order chi connectivity index (χ0) is 23.5. The van der Waals surface area contributed by atoms with Crippen LogP contribution < -0.4 is 13.8 Å². The molecule has 3 aromatic rings. The molecule has 0 bridgehead atoms. The zero-order valence-corrected chi connectivity index (χ0v) is 20.3. The molecule has 0 amide bonds. The van der Waals surface area contributed by atoms with Crippen LogP contribution in [0.2, 0.25) is 9.36 Å². The number of anilines is 1. The molecule has 0 atom stereocenters. The summed E-state index contributed by atoms with van der Waals surface area (Å²) in [7, 11) is 0.000187. The number of esters is 1. The Morgan fingerprint density at radius 2 is 1.84 bits per heavy atom. The topological polar surface area (TPSA) is 95.0 Å². The van der Waals surface area contributed by atoms with Gasteiger partial charge in [-0.3, -0.25) is 0 Å².